The fourth-order valence-corrected chi connectivity index (χ4v) is 1.98. The fraction of sp³-hybridized carbons (Fsp3) is 0.462. The van der Waals surface area contributed by atoms with Crippen molar-refractivity contribution in [3.8, 4) is 11.5 Å². The lowest BCUT2D eigenvalue weighted by molar-refractivity contribution is 0.172. The Hall–Kier alpha value is -1.75. The molecule has 0 amide bonds. The highest BCUT2D eigenvalue weighted by atomic mass is 16.6. The molecule has 0 aliphatic carbocycles. The summed E-state index contributed by atoms with van der Waals surface area (Å²) in [7, 11) is 0. The Morgan fingerprint density at radius 1 is 1.28 bits per heavy atom. The molecule has 0 radical (unpaired) electrons. The van der Waals surface area contributed by atoms with Crippen LogP contribution in [0.1, 0.15) is 19.7 Å². The van der Waals surface area contributed by atoms with E-state index in [0.29, 0.717) is 19.3 Å². The predicted octanol–water partition coefficient (Wildman–Crippen LogP) is 1.83. The Balaban J connectivity index is 1.91. The van der Waals surface area contributed by atoms with Crippen LogP contribution in [0.5, 0.6) is 11.5 Å². The molecule has 2 heterocycles. The van der Waals surface area contributed by atoms with Crippen molar-refractivity contribution in [3.63, 3.8) is 0 Å². The van der Waals surface area contributed by atoms with Crippen LogP contribution in [0.2, 0.25) is 0 Å². The van der Waals surface area contributed by atoms with E-state index in [1.54, 1.807) is 0 Å². The zero-order chi connectivity index (χ0) is 12.5. The van der Waals surface area contributed by atoms with Gasteiger partial charge in [-0.3, -0.25) is 0 Å². The van der Waals surface area contributed by atoms with Crippen molar-refractivity contribution >= 4 is 11.0 Å². The van der Waals surface area contributed by atoms with Crippen LogP contribution in [0.4, 0.5) is 0 Å². The number of ether oxygens (including phenoxy) is 2. The fourth-order valence-electron chi connectivity index (χ4n) is 1.98. The van der Waals surface area contributed by atoms with Crippen LogP contribution in [0.15, 0.2) is 12.1 Å². The standard InChI is InChI=1S/C13H17N3O2/c1-8(2)14-7-13-15-9-5-11-12(6-10(9)16-13)18-4-3-17-11/h5-6,8,14H,3-4,7H2,1-2H3,(H,15,16). The Bertz CT molecular complexity index is 520. The molecule has 18 heavy (non-hydrogen) atoms. The van der Waals surface area contributed by atoms with E-state index in [4.69, 9.17) is 9.47 Å². The minimum absolute atomic E-state index is 0.443. The van der Waals surface area contributed by atoms with E-state index in [1.165, 1.54) is 0 Å². The van der Waals surface area contributed by atoms with Gasteiger partial charge in [-0.25, -0.2) is 4.98 Å². The quantitative estimate of drug-likeness (QED) is 0.868. The Labute approximate surface area is 106 Å². The smallest absolute Gasteiger partial charge is 0.163 e. The molecule has 5 heteroatoms. The van der Waals surface area contributed by atoms with E-state index in [2.05, 4.69) is 29.1 Å². The summed E-state index contributed by atoms with van der Waals surface area (Å²) in [5, 5.41) is 3.34. The summed E-state index contributed by atoms with van der Waals surface area (Å²) in [5.74, 6) is 2.51. The molecule has 0 unspecified atom stereocenters. The van der Waals surface area contributed by atoms with Crippen molar-refractivity contribution in [3.05, 3.63) is 18.0 Å². The summed E-state index contributed by atoms with van der Waals surface area (Å²) in [6.45, 7) is 6.17. The number of H-pyrrole nitrogens is 1. The molecule has 0 fully saturated rings. The summed E-state index contributed by atoms with van der Waals surface area (Å²) in [4.78, 5) is 7.83. The Morgan fingerprint density at radius 2 is 2.00 bits per heavy atom. The lowest BCUT2D eigenvalue weighted by Crippen LogP contribution is -2.22. The molecule has 1 aliphatic rings. The zero-order valence-corrected chi connectivity index (χ0v) is 10.6. The number of nitrogens with zero attached hydrogens (tertiary/aromatic N) is 1. The third kappa shape index (κ3) is 2.13. The van der Waals surface area contributed by atoms with Crippen LogP contribution in [0.25, 0.3) is 11.0 Å². The first-order valence-electron chi connectivity index (χ1n) is 6.24. The number of fused-ring (bicyclic) bond motifs is 2. The van der Waals surface area contributed by atoms with Gasteiger partial charge in [-0.15, -0.1) is 0 Å². The van der Waals surface area contributed by atoms with Crippen molar-refractivity contribution < 1.29 is 9.47 Å². The third-order valence-corrected chi connectivity index (χ3v) is 2.87. The number of rotatable bonds is 3. The van der Waals surface area contributed by atoms with E-state index >= 15 is 0 Å². The van der Waals surface area contributed by atoms with E-state index in [9.17, 15) is 0 Å². The maximum atomic E-state index is 5.55. The van der Waals surface area contributed by atoms with Gasteiger partial charge in [0, 0.05) is 18.2 Å². The van der Waals surface area contributed by atoms with Gasteiger partial charge in [-0.1, -0.05) is 13.8 Å². The highest BCUT2D eigenvalue weighted by Gasteiger charge is 2.14. The molecule has 1 aliphatic heterocycles. The second-order valence-electron chi connectivity index (χ2n) is 4.73. The normalized spacial score (nSPS) is 14.4. The van der Waals surface area contributed by atoms with Gasteiger partial charge in [-0.05, 0) is 0 Å². The lowest BCUT2D eigenvalue weighted by Gasteiger charge is -2.17. The highest BCUT2D eigenvalue weighted by Crippen LogP contribution is 2.33. The number of aromatic nitrogens is 2. The van der Waals surface area contributed by atoms with Crippen molar-refractivity contribution in [2.45, 2.75) is 26.4 Å². The summed E-state index contributed by atoms with van der Waals surface area (Å²) in [5.41, 5.74) is 1.90. The predicted molar refractivity (Wildman–Crippen MR) is 69.1 cm³/mol. The first kappa shape index (κ1) is 11.3. The summed E-state index contributed by atoms with van der Waals surface area (Å²) >= 11 is 0. The van der Waals surface area contributed by atoms with E-state index in [1.807, 2.05) is 12.1 Å². The number of hydrogen-bond donors (Lipinski definition) is 2. The van der Waals surface area contributed by atoms with Crippen LogP contribution in [0.3, 0.4) is 0 Å². The second-order valence-corrected chi connectivity index (χ2v) is 4.73. The summed E-state index contributed by atoms with van der Waals surface area (Å²) < 4.78 is 11.1. The largest absolute Gasteiger partial charge is 0.486 e. The van der Waals surface area contributed by atoms with E-state index in [0.717, 1.165) is 34.9 Å². The van der Waals surface area contributed by atoms with Crippen molar-refractivity contribution in [1.82, 2.24) is 15.3 Å². The van der Waals surface area contributed by atoms with Crippen LogP contribution in [-0.4, -0.2) is 29.2 Å². The third-order valence-electron chi connectivity index (χ3n) is 2.87. The van der Waals surface area contributed by atoms with Gasteiger partial charge in [0.2, 0.25) is 0 Å². The molecule has 0 spiro atoms. The molecular weight excluding hydrogens is 230 g/mol. The summed E-state index contributed by atoms with van der Waals surface area (Å²) in [6.07, 6.45) is 0. The van der Waals surface area contributed by atoms with Crippen molar-refractivity contribution in [1.29, 1.82) is 0 Å². The van der Waals surface area contributed by atoms with E-state index < -0.39 is 0 Å². The maximum absolute atomic E-state index is 5.55. The number of nitrogens with one attached hydrogen (secondary N) is 2. The molecule has 0 saturated heterocycles. The number of benzene rings is 1. The van der Waals surface area contributed by atoms with Crippen LogP contribution >= 0.6 is 0 Å². The van der Waals surface area contributed by atoms with Gasteiger partial charge in [0.1, 0.15) is 19.0 Å². The van der Waals surface area contributed by atoms with Gasteiger partial charge in [0.15, 0.2) is 11.5 Å². The highest BCUT2D eigenvalue weighted by molar-refractivity contribution is 5.79. The average molecular weight is 247 g/mol. The van der Waals surface area contributed by atoms with Crippen molar-refractivity contribution in [2.24, 2.45) is 0 Å². The topological polar surface area (TPSA) is 59.2 Å². The van der Waals surface area contributed by atoms with Crippen molar-refractivity contribution in [2.75, 3.05) is 13.2 Å². The van der Waals surface area contributed by atoms with Gasteiger partial charge in [0.25, 0.3) is 0 Å². The Kier molecular flexibility index (Phi) is 2.83. The van der Waals surface area contributed by atoms with Gasteiger partial charge >= 0.3 is 0 Å². The number of hydrogen-bond acceptors (Lipinski definition) is 4. The van der Waals surface area contributed by atoms with E-state index in [-0.39, 0.29) is 0 Å². The molecule has 1 aromatic heterocycles. The molecule has 5 nitrogen and oxygen atoms in total. The molecule has 96 valence electrons. The monoisotopic (exact) mass is 247 g/mol. The van der Waals surface area contributed by atoms with Gasteiger partial charge < -0.3 is 19.8 Å². The first-order chi connectivity index (χ1) is 8.72. The molecule has 0 bridgehead atoms. The molecule has 2 aromatic rings. The number of aromatic amines is 1. The second kappa shape index (κ2) is 4.49. The van der Waals surface area contributed by atoms with Crippen LogP contribution in [-0.2, 0) is 6.54 Å². The minimum Gasteiger partial charge on any atom is -0.486 e. The van der Waals surface area contributed by atoms with Gasteiger partial charge in [0.05, 0.1) is 17.6 Å². The molecule has 0 atom stereocenters. The molecule has 2 N–H and O–H groups in total. The average Bonchev–Trinajstić information content (AvgIpc) is 2.75. The van der Waals surface area contributed by atoms with Crippen LogP contribution < -0.4 is 14.8 Å². The first-order valence-corrected chi connectivity index (χ1v) is 6.24. The Morgan fingerprint density at radius 3 is 2.72 bits per heavy atom. The van der Waals surface area contributed by atoms with Gasteiger partial charge in [-0.2, -0.15) is 0 Å². The lowest BCUT2D eigenvalue weighted by atomic mass is 10.2. The minimum atomic E-state index is 0.443. The molecule has 1 aromatic carbocycles. The van der Waals surface area contributed by atoms with Crippen LogP contribution in [0, 0.1) is 0 Å². The molecule has 3 rings (SSSR count). The SMILES string of the molecule is CC(C)NCc1nc2cc3c(cc2[nH]1)OCCO3. The zero-order valence-electron chi connectivity index (χ0n) is 10.6. The summed E-state index contributed by atoms with van der Waals surface area (Å²) in [6, 6.07) is 4.33. The maximum Gasteiger partial charge on any atom is 0.163 e. The number of imidazole rings is 1. The molecular formula is C13H17N3O2. The molecule has 0 saturated carbocycles.